The van der Waals surface area contributed by atoms with E-state index in [0.717, 1.165) is 6.29 Å². The first-order valence-electron chi connectivity index (χ1n) is 2.02. The van der Waals surface area contributed by atoms with E-state index < -0.39 is 0 Å². The summed E-state index contributed by atoms with van der Waals surface area (Å²) in [5.41, 5.74) is 0. The van der Waals surface area contributed by atoms with Crippen LogP contribution in [0.5, 0.6) is 0 Å². The molecule has 0 heterocycles. The molecule has 0 atom stereocenters. The minimum absolute atomic E-state index is 0. The molecule has 0 saturated carbocycles. The standard InChI is InChI=1S/C3H6O.C2H4O.Mn/c1-3(2)4;1-2-3;/h1-2H3;2H,1H3;. The third-order valence-corrected chi connectivity index (χ3v) is 0. The van der Waals surface area contributed by atoms with Gasteiger partial charge in [-0.15, -0.1) is 0 Å². The Balaban J connectivity index is -0.0000000575. The molecule has 49 valence electrons. The van der Waals surface area contributed by atoms with E-state index in [1.807, 2.05) is 0 Å². The Kier molecular flexibility index (Phi) is 30.9. The van der Waals surface area contributed by atoms with Crippen LogP contribution < -0.4 is 0 Å². The number of hydrogen-bond acceptors (Lipinski definition) is 2. The molecule has 0 aromatic carbocycles. The maximum absolute atomic E-state index is 9.44. The summed E-state index contributed by atoms with van der Waals surface area (Å²) in [4.78, 5) is 18.2. The molecule has 0 aromatic heterocycles. The van der Waals surface area contributed by atoms with Gasteiger partial charge >= 0.3 is 0 Å². The van der Waals surface area contributed by atoms with Gasteiger partial charge in [-0.1, -0.05) is 0 Å². The van der Waals surface area contributed by atoms with Crippen molar-refractivity contribution in [2.75, 3.05) is 0 Å². The summed E-state index contributed by atoms with van der Waals surface area (Å²) in [6.07, 6.45) is 0.750. The van der Waals surface area contributed by atoms with E-state index in [-0.39, 0.29) is 22.9 Å². The van der Waals surface area contributed by atoms with Crippen molar-refractivity contribution in [1.82, 2.24) is 0 Å². The average molecular weight is 157 g/mol. The van der Waals surface area contributed by atoms with Gasteiger partial charge in [-0.05, 0) is 20.8 Å². The van der Waals surface area contributed by atoms with Crippen molar-refractivity contribution in [1.29, 1.82) is 0 Å². The number of carbonyl (C=O) groups is 2. The van der Waals surface area contributed by atoms with Gasteiger partial charge in [0.25, 0.3) is 0 Å². The Labute approximate surface area is 60.1 Å². The number of carbonyl (C=O) groups excluding carboxylic acids is 2. The van der Waals surface area contributed by atoms with Crippen molar-refractivity contribution >= 4 is 12.1 Å². The SMILES string of the molecule is CC(C)=O.CC=O.[Mn]. The molecule has 0 rings (SSSR count). The Bertz CT molecular complexity index is 57.4. The van der Waals surface area contributed by atoms with Gasteiger partial charge in [-0.2, -0.15) is 0 Å². The molecule has 0 unspecified atom stereocenters. The molecule has 0 fully saturated rings. The van der Waals surface area contributed by atoms with E-state index in [0.29, 0.717) is 0 Å². The monoisotopic (exact) mass is 157 g/mol. The van der Waals surface area contributed by atoms with Crippen molar-refractivity contribution in [3.8, 4) is 0 Å². The first kappa shape index (κ1) is 15.7. The van der Waals surface area contributed by atoms with Crippen molar-refractivity contribution in [3.63, 3.8) is 0 Å². The molecule has 0 amide bonds. The molecular weight excluding hydrogens is 147 g/mol. The topological polar surface area (TPSA) is 34.1 Å². The van der Waals surface area contributed by atoms with Gasteiger partial charge in [0.15, 0.2) is 0 Å². The molecule has 0 aliphatic rings. The van der Waals surface area contributed by atoms with Crippen molar-refractivity contribution in [3.05, 3.63) is 0 Å². The van der Waals surface area contributed by atoms with Gasteiger partial charge in [0, 0.05) is 17.1 Å². The normalized spacial score (nSPS) is 4.88. The molecule has 0 N–H and O–H groups in total. The van der Waals surface area contributed by atoms with E-state index in [2.05, 4.69) is 0 Å². The number of aldehydes is 1. The summed E-state index contributed by atoms with van der Waals surface area (Å²) >= 11 is 0. The smallest absolute Gasteiger partial charge is 0.126 e. The summed E-state index contributed by atoms with van der Waals surface area (Å²) in [7, 11) is 0. The van der Waals surface area contributed by atoms with Crippen LogP contribution in [-0.2, 0) is 26.7 Å². The van der Waals surface area contributed by atoms with Crippen LogP contribution in [0.2, 0.25) is 0 Å². The van der Waals surface area contributed by atoms with E-state index in [9.17, 15) is 4.79 Å². The largest absolute Gasteiger partial charge is 0.304 e. The summed E-state index contributed by atoms with van der Waals surface area (Å²) in [6.45, 7) is 4.50. The Morgan fingerprint density at radius 2 is 1.38 bits per heavy atom. The van der Waals surface area contributed by atoms with Crippen LogP contribution in [0.3, 0.4) is 0 Å². The average Bonchev–Trinajstić information content (AvgIpc) is 1.33. The van der Waals surface area contributed by atoms with Crippen LogP contribution in [0.15, 0.2) is 0 Å². The molecule has 1 radical (unpaired) electrons. The fourth-order valence-electron chi connectivity index (χ4n) is 0. The number of ketones is 1. The van der Waals surface area contributed by atoms with Crippen LogP contribution in [0.4, 0.5) is 0 Å². The quantitative estimate of drug-likeness (QED) is 0.385. The van der Waals surface area contributed by atoms with Crippen LogP contribution in [0.1, 0.15) is 20.8 Å². The molecule has 0 aliphatic carbocycles. The fraction of sp³-hybridized carbons (Fsp3) is 0.600. The minimum atomic E-state index is 0. The van der Waals surface area contributed by atoms with Crippen LogP contribution in [0.25, 0.3) is 0 Å². The van der Waals surface area contributed by atoms with Crippen LogP contribution >= 0.6 is 0 Å². The molecule has 0 bridgehead atoms. The zero-order chi connectivity index (χ0) is 6.28. The van der Waals surface area contributed by atoms with Crippen molar-refractivity contribution in [2.24, 2.45) is 0 Å². The summed E-state index contributed by atoms with van der Waals surface area (Å²) in [5.74, 6) is 0.167. The van der Waals surface area contributed by atoms with Crippen LogP contribution in [-0.4, -0.2) is 12.1 Å². The fourth-order valence-corrected chi connectivity index (χ4v) is 0. The van der Waals surface area contributed by atoms with Gasteiger partial charge in [-0.25, -0.2) is 0 Å². The summed E-state index contributed by atoms with van der Waals surface area (Å²) < 4.78 is 0. The minimum Gasteiger partial charge on any atom is -0.304 e. The van der Waals surface area contributed by atoms with E-state index >= 15 is 0 Å². The van der Waals surface area contributed by atoms with Crippen LogP contribution in [0, 0.1) is 0 Å². The molecule has 2 nitrogen and oxygen atoms in total. The molecule has 0 aromatic rings. The first-order chi connectivity index (χ1) is 3.15. The Hall–Kier alpha value is -0.141. The predicted octanol–water partition coefficient (Wildman–Crippen LogP) is 0.798. The number of rotatable bonds is 0. The summed E-state index contributed by atoms with van der Waals surface area (Å²) in [5, 5.41) is 0. The van der Waals surface area contributed by atoms with Crippen molar-refractivity contribution < 1.29 is 26.7 Å². The summed E-state index contributed by atoms with van der Waals surface area (Å²) in [6, 6.07) is 0. The van der Waals surface area contributed by atoms with Gasteiger partial charge in [0.2, 0.25) is 0 Å². The maximum atomic E-state index is 9.44. The van der Waals surface area contributed by atoms with Crippen molar-refractivity contribution in [2.45, 2.75) is 20.8 Å². The number of hydrogen-bond donors (Lipinski definition) is 0. The first-order valence-corrected chi connectivity index (χ1v) is 2.02. The van der Waals surface area contributed by atoms with E-state index in [4.69, 9.17) is 4.79 Å². The third kappa shape index (κ3) is 7010. The predicted molar refractivity (Wildman–Crippen MR) is 28.1 cm³/mol. The second-order valence-electron chi connectivity index (χ2n) is 1.14. The van der Waals surface area contributed by atoms with Gasteiger partial charge in [-0.3, -0.25) is 0 Å². The number of Topliss-reactive ketones (excluding diaryl/α,β-unsaturated/α-hetero) is 1. The Morgan fingerprint density at radius 1 is 1.38 bits per heavy atom. The Morgan fingerprint density at radius 3 is 1.38 bits per heavy atom. The molecule has 8 heavy (non-hydrogen) atoms. The molecule has 0 saturated heterocycles. The zero-order valence-corrected chi connectivity index (χ0v) is 6.45. The van der Waals surface area contributed by atoms with Gasteiger partial charge < -0.3 is 9.59 Å². The molecule has 3 heteroatoms. The maximum Gasteiger partial charge on any atom is 0.126 e. The third-order valence-electron chi connectivity index (χ3n) is 0. The molecule has 0 spiro atoms. The van der Waals surface area contributed by atoms with E-state index in [1.165, 1.54) is 20.8 Å². The second-order valence-corrected chi connectivity index (χ2v) is 1.14. The van der Waals surface area contributed by atoms with E-state index in [1.54, 1.807) is 0 Å². The zero-order valence-electron chi connectivity index (χ0n) is 5.27. The van der Waals surface area contributed by atoms with Gasteiger partial charge in [0.1, 0.15) is 12.1 Å². The second kappa shape index (κ2) is 15.8. The molecular formula is C5H10MnO2. The van der Waals surface area contributed by atoms with Gasteiger partial charge in [0.05, 0.1) is 0 Å². The molecule has 0 aliphatic heterocycles.